The number of nitrogens with two attached hydrogens (primary N) is 1. The molecule has 3 rings (SSSR count). The summed E-state index contributed by atoms with van der Waals surface area (Å²) in [5.41, 5.74) is 8.41. The number of nitrogens with zero attached hydrogens (tertiary/aromatic N) is 2. The Bertz CT molecular complexity index is 736. The quantitative estimate of drug-likeness (QED) is 0.628. The summed E-state index contributed by atoms with van der Waals surface area (Å²) >= 11 is 0. The maximum Gasteiger partial charge on any atom is 0.270 e. The highest BCUT2D eigenvalue weighted by atomic mass is 19.3. The van der Waals surface area contributed by atoms with E-state index in [1.165, 1.54) is 24.1 Å². The molecule has 0 amide bonds. The van der Waals surface area contributed by atoms with Crippen molar-refractivity contribution in [1.29, 1.82) is 0 Å². The standard InChI is InChI=1S/C21H25F2N3/c1-21(22,23)18-12-10-16(11-13-18)15-25-20(24)26-14-6-5-9-19(26)17-7-3-2-4-8-17/h2-4,7-8,10-13,19H,5-6,9,14-15H2,1H3,(H2,24,25). The lowest BCUT2D eigenvalue weighted by molar-refractivity contribution is 0.0174. The average Bonchev–Trinajstić information content (AvgIpc) is 2.66. The van der Waals surface area contributed by atoms with Gasteiger partial charge in [0, 0.05) is 19.0 Å². The van der Waals surface area contributed by atoms with Gasteiger partial charge in [-0.1, -0.05) is 54.6 Å². The zero-order chi connectivity index (χ0) is 18.6. The van der Waals surface area contributed by atoms with Gasteiger partial charge >= 0.3 is 0 Å². The molecule has 2 N–H and O–H groups in total. The average molecular weight is 357 g/mol. The lowest BCUT2D eigenvalue weighted by Crippen LogP contribution is -2.43. The number of likely N-dealkylation sites (tertiary alicyclic amines) is 1. The maximum absolute atomic E-state index is 13.3. The smallest absolute Gasteiger partial charge is 0.270 e. The Hall–Kier alpha value is -2.43. The van der Waals surface area contributed by atoms with E-state index in [9.17, 15) is 8.78 Å². The van der Waals surface area contributed by atoms with Gasteiger partial charge in [-0.3, -0.25) is 0 Å². The zero-order valence-electron chi connectivity index (χ0n) is 15.0. The number of rotatable bonds is 4. The molecule has 0 saturated carbocycles. The van der Waals surface area contributed by atoms with Gasteiger partial charge in [0.2, 0.25) is 0 Å². The first-order valence-corrected chi connectivity index (χ1v) is 9.04. The topological polar surface area (TPSA) is 41.6 Å². The van der Waals surface area contributed by atoms with E-state index in [2.05, 4.69) is 22.0 Å². The number of alkyl halides is 2. The molecule has 5 heteroatoms. The van der Waals surface area contributed by atoms with Crippen LogP contribution in [0.4, 0.5) is 8.78 Å². The number of aliphatic imine (C=N–C) groups is 1. The first kappa shape index (κ1) is 18.4. The van der Waals surface area contributed by atoms with Gasteiger partial charge in [-0.2, -0.15) is 0 Å². The minimum Gasteiger partial charge on any atom is -0.370 e. The number of benzene rings is 2. The Kier molecular flexibility index (Phi) is 5.55. The fraction of sp³-hybridized carbons (Fsp3) is 0.381. The van der Waals surface area contributed by atoms with Crippen LogP contribution in [0.2, 0.25) is 0 Å². The number of hydrogen-bond acceptors (Lipinski definition) is 1. The van der Waals surface area contributed by atoms with Crippen LogP contribution in [0, 0.1) is 0 Å². The number of hydrogen-bond donors (Lipinski definition) is 1. The lowest BCUT2D eigenvalue weighted by atomic mass is 9.95. The molecule has 0 aliphatic carbocycles. The van der Waals surface area contributed by atoms with Gasteiger partial charge in [-0.05, 0) is 30.4 Å². The van der Waals surface area contributed by atoms with Gasteiger partial charge in [-0.15, -0.1) is 0 Å². The molecule has 1 aliphatic rings. The first-order valence-electron chi connectivity index (χ1n) is 9.04. The number of piperidine rings is 1. The molecule has 1 saturated heterocycles. The van der Waals surface area contributed by atoms with Crippen molar-refractivity contribution in [3.05, 3.63) is 71.3 Å². The Labute approximate surface area is 153 Å². The Morgan fingerprint density at radius 1 is 1.12 bits per heavy atom. The molecule has 1 aliphatic heterocycles. The molecule has 1 atom stereocenters. The highest BCUT2D eigenvalue weighted by Gasteiger charge is 2.25. The summed E-state index contributed by atoms with van der Waals surface area (Å²) in [6, 6.07) is 16.9. The molecule has 2 aromatic carbocycles. The lowest BCUT2D eigenvalue weighted by Gasteiger charge is -2.37. The molecule has 26 heavy (non-hydrogen) atoms. The van der Waals surface area contributed by atoms with E-state index in [1.807, 2.05) is 18.2 Å². The predicted molar refractivity (Wildman–Crippen MR) is 101 cm³/mol. The SMILES string of the molecule is CC(F)(F)c1ccc(CN=C(N)N2CCCCC2c2ccccc2)cc1. The van der Waals surface area contributed by atoms with E-state index >= 15 is 0 Å². The van der Waals surface area contributed by atoms with Crippen molar-refractivity contribution in [3.63, 3.8) is 0 Å². The second-order valence-electron chi connectivity index (χ2n) is 6.88. The molecular weight excluding hydrogens is 332 g/mol. The van der Waals surface area contributed by atoms with E-state index < -0.39 is 5.92 Å². The van der Waals surface area contributed by atoms with Crippen LogP contribution in [0.3, 0.4) is 0 Å². The second kappa shape index (κ2) is 7.85. The number of guanidine groups is 1. The van der Waals surface area contributed by atoms with Crippen LogP contribution in [-0.4, -0.2) is 17.4 Å². The molecule has 1 heterocycles. The molecule has 0 bridgehead atoms. The van der Waals surface area contributed by atoms with Crippen LogP contribution in [0.5, 0.6) is 0 Å². The van der Waals surface area contributed by atoms with Crippen molar-refractivity contribution < 1.29 is 8.78 Å². The molecule has 138 valence electrons. The zero-order valence-corrected chi connectivity index (χ0v) is 15.0. The number of halogens is 2. The Morgan fingerprint density at radius 2 is 1.81 bits per heavy atom. The first-order chi connectivity index (χ1) is 12.4. The van der Waals surface area contributed by atoms with Crippen LogP contribution >= 0.6 is 0 Å². The van der Waals surface area contributed by atoms with Gasteiger partial charge < -0.3 is 10.6 Å². The predicted octanol–water partition coefficient (Wildman–Crippen LogP) is 4.84. The highest BCUT2D eigenvalue weighted by Crippen LogP contribution is 2.30. The second-order valence-corrected chi connectivity index (χ2v) is 6.88. The third-order valence-corrected chi connectivity index (χ3v) is 4.87. The fourth-order valence-corrected chi connectivity index (χ4v) is 3.39. The molecular formula is C21H25F2N3. The summed E-state index contributed by atoms with van der Waals surface area (Å²) in [7, 11) is 0. The summed E-state index contributed by atoms with van der Waals surface area (Å²) in [5, 5.41) is 0. The van der Waals surface area contributed by atoms with Gasteiger partial charge in [0.15, 0.2) is 5.96 Å². The molecule has 3 nitrogen and oxygen atoms in total. The summed E-state index contributed by atoms with van der Waals surface area (Å²) in [5.74, 6) is -2.30. The summed E-state index contributed by atoms with van der Waals surface area (Å²) in [4.78, 5) is 6.68. The summed E-state index contributed by atoms with van der Waals surface area (Å²) < 4.78 is 26.6. The fourth-order valence-electron chi connectivity index (χ4n) is 3.39. The van der Waals surface area contributed by atoms with Gasteiger partial charge in [-0.25, -0.2) is 13.8 Å². The van der Waals surface area contributed by atoms with E-state index in [4.69, 9.17) is 5.73 Å². The van der Waals surface area contributed by atoms with Crippen LogP contribution in [0.25, 0.3) is 0 Å². The van der Waals surface area contributed by atoms with Crippen LogP contribution in [-0.2, 0) is 12.5 Å². The molecule has 0 aromatic heterocycles. The third-order valence-electron chi connectivity index (χ3n) is 4.87. The van der Waals surface area contributed by atoms with E-state index in [0.29, 0.717) is 12.5 Å². The van der Waals surface area contributed by atoms with Crippen molar-refractivity contribution in [2.45, 2.75) is 44.7 Å². The largest absolute Gasteiger partial charge is 0.370 e. The van der Waals surface area contributed by atoms with Crippen molar-refractivity contribution in [3.8, 4) is 0 Å². The highest BCUT2D eigenvalue weighted by molar-refractivity contribution is 5.78. The van der Waals surface area contributed by atoms with Crippen molar-refractivity contribution in [2.24, 2.45) is 10.7 Å². The van der Waals surface area contributed by atoms with Gasteiger partial charge in [0.05, 0.1) is 12.6 Å². The minimum absolute atomic E-state index is 0.0124. The van der Waals surface area contributed by atoms with Crippen LogP contribution in [0.15, 0.2) is 59.6 Å². The van der Waals surface area contributed by atoms with Crippen molar-refractivity contribution >= 4 is 5.96 Å². The summed E-state index contributed by atoms with van der Waals surface area (Å²) in [6.07, 6.45) is 3.33. The van der Waals surface area contributed by atoms with E-state index in [-0.39, 0.29) is 11.6 Å². The normalized spacial score (nSPS) is 18.8. The molecule has 0 radical (unpaired) electrons. The Balaban J connectivity index is 1.71. The Morgan fingerprint density at radius 3 is 2.46 bits per heavy atom. The van der Waals surface area contributed by atoms with Gasteiger partial charge in [0.25, 0.3) is 5.92 Å². The van der Waals surface area contributed by atoms with Crippen molar-refractivity contribution in [2.75, 3.05) is 6.54 Å². The maximum atomic E-state index is 13.3. The minimum atomic E-state index is -2.82. The van der Waals surface area contributed by atoms with Gasteiger partial charge in [0.1, 0.15) is 0 Å². The molecule has 1 fully saturated rings. The monoisotopic (exact) mass is 357 g/mol. The summed E-state index contributed by atoms with van der Waals surface area (Å²) in [6.45, 7) is 2.17. The third kappa shape index (κ3) is 4.40. The molecule has 1 unspecified atom stereocenters. The van der Waals surface area contributed by atoms with E-state index in [1.54, 1.807) is 12.1 Å². The van der Waals surface area contributed by atoms with Crippen LogP contribution in [0.1, 0.15) is 48.9 Å². The molecule has 0 spiro atoms. The van der Waals surface area contributed by atoms with E-state index in [0.717, 1.165) is 31.9 Å². The molecule has 2 aromatic rings. The van der Waals surface area contributed by atoms with Crippen LogP contribution < -0.4 is 5.73 Å². The van der Waals surface area contributed by atoms with Crippen molar-refractivity contribution in [1.82, 2.24) is 4.90 Å².